The van der Waals surface area contributed by atoms with Gasteiger partial charge in [-0.3, -0.25) is 19.2 Å². The van der Waals surface area contributed by atoms with Crippen LogP contribution in [-0.2, 0) is 33.4 Å². The molecule has 40 heavy (non-hydrogen) atoms. The lowest BCUT2D eigenvalue weighted by molar-refractivity contribution is -0.170. The maximum atomic E-state index is 14.0. The Kier molecular flexibility index (Phi) is 8.65. The molecule has 0 bridgehead atoms. The molecule has 4 rings (SSSR count). The summed E-state index contributed by atoms with van der Waals surface area (Å²) >= 11 is 0. The zero-order valence-electron chi connectivity index (χ0n) is 25.8. The van der Waals surface area contributed by atoms with Gasteiger partial charge in [0.1, 0.15) is 11.7 Å². The first kappa shape index (κ1) is 30.8. The highest BCUT2D eigenvalue weighted by Gasteiger charge is 2.63. The van der Waals surface area contributed by atoms with Crippen molar-refractivity contribution in [1.29, 1.82) is 0 Å². The van der Waals surface area contributed by atoms with Gasteiger partial charge in [-0.2, -0.15) is 0 Å². The molecule has 0 radical (unpaired) electrons. The van der Waals surface area contributed by atoms with E-state index < -0.39 is 29.7 Å². The first-order valence-electron chi connectivity index (χ1n) is 15.4. The standard InChI is InChI=1S/C33H50O7/c1-19(10-9-15-31(5,6)40-22(4)36)23-11-12-24-29-25(13-16-32(23,24)7)33(8)17-14-28(38-20(2)34)30(39-21(3)35)26(33)18-27(29)37/h18-19,23-25,28-30H,9-17H2,1-8H3/t19-,23-,24+,25+,28+,29+,30-,32-,33-/m1/s1. The molecule has 3 saturated carbocycles. The molecular formula is C33H50O7. The molecule has 3 fully saturated rings. The van der Waals surface area contributed by atoms with Gasteiger partial charge in [0.2, 0.25) is 0 Å². The molecule has 0 heterocycles. The molecule has 4 aliphatic rings. The van der Waals surface area contributed by atoms with Crippen LogP contribution in [0, 0.1) is 40.4 Å². The van der Waals surface area contributed by atoms with E-state index in [4.69, 9.17) is 14.2 Å². The van der Waals surface area contributed by atoms with E-state index in [2.05, 4.69) is 20.8 Å². The second-order valence-corrected chi connectivity index (χ2v) is 14.3. The van der Waals surface area contributed by atoms with Gasteiger partial charge in [-0.25, -0.2) is 0 Å². The first-order chi connectivity index (χ1) is 18.6. The molecule has 0 saturated heterocycles. The third kappa shape index (κ3) is 5.76. The summed E-state index contributed by atoms with van der Waals surface area (Å²) in [5.41, 5.74) is 0.252. The van der Waals surface area contributed by atoms with Gasteiger partial charge < -0.3 is 14.2 Å². The van der Waals surface area contributed by atoms with Crippen LogP contribution in [0.5, 0.6) is 0 Å². The van der Waals surface area contributed by atoms with Crippen LogP contribution in [0.1, 0.15) is 113 Å². The Morgan fingerprint density at radius 2 is 1.62 bits per heavy atom. The zero-order valence-corrected chi connectivity index (χ0v) is 25.8. The van der Waals surface area contributed by atoms with E-state index in [0.29, 0.717) is 24.2 Å². The SMILES string of the molecule is CC(=O)O[C@H]1CC[C@@]2(C)C(=CC(=O)[C@H]3[C@@H]4CC[C@H]([C@H](C)CCCC(C)(C)OC(C)=O)[C@@]4(C)CC[C@@H]32)[C@H]1OC(C)=O. The normalized spacial score (nSPS) is 37.8. The van der Waals surface area contributed by atoms with Crippen LogP contribution >= 0.6 is 0 Å². The number of fused-ring (bicyclic) bond motifs is 5. The van der Waals surface area contributed by atoms with Gasteiger partial charge in [0, 0.05) is 26.7 Å². The highest BCUT2D eigenvalue weighted by atomic mass is 16.6. The topological polar surface area (TPSA) is 96.0 Å². The minimum Gasteiger partial charge on any atom is -0.460 e. The van der Waals surface area contributed by atoms with E-state index in [1.165, 1.54) is 20.8 Å². The summed E-state index contributed by atoms with van der Waals surface area (Å²) in [5, 5.41) is 0. The Hall–Kier alpha value is -2.18. The van der Waals surface area contributed by atoms with Crippen molar-refractivity contribution < 1.29 is 33.4 Å². The number of carbonyl (C=O) groups excluding carboxylic acids is 4. The van der Waals surface area contributed by atoms with Crippen molar-refractivity contribution in [3.63, 3.8) is 0 Å². The number of ketones is 1. The third-order valence-corrected chi connectivity index (χ3v) is 11.2. The van der Waals surface area contributed by atoms with E-state index in [9.17, 15) is 19.2 Å². The highest BCUT2D eigenvalue weighted by Crippen LogP contribution is 2.67. The van der Waals surface area contributed by atoms with Gasteiger partial charge in [-0.05, 0) is 111 Å². The number of hydrogen-bond acceptors (Lipinski definition) is 7. The number of hydrogen-bond donors (Lipinski definition) is 0. The summed E-state index contributed by atoms with van der Waals surface area (Å²) < 4.78 is 16.8. The maximum Gasteiger partial charge on any atom is 0.303 e. The molecule has 0 unspecified atom stereocenters. The van der Waals surface area contributed by atoms with Crippen molar-refractivity contribution in [1.82, 2.24) is 0 Å². The molecule has 0 aliphatic heterocycles. The minimum absolute atomic E-state index is 0.0177. The summed E-state index contributed by atoms with van der Waals surface area (Å²) in [5.74, 6) is 0.721. The van der Waals surface area contributed by atoms with Crippen molar-refractivity contribution >= 4 is 23.7 Å². The Balaban J connectivity index is 1.53. The molecule has 0 spiro atoms. The minimum atomic E-state index is -0.703. The molecule has 0 aromatic rings. The fraction of sp³-hybridized carbons (Fsp3) is 0.818. The zero-order chi connectivity index (χ0) is 29.6. The van der Waals surface area contributed by atoms with Gasteiger partial charge in [-0.15, -0.1) is 0 Å². The second kappa shape index (κ2) is 11.2. The number of carbonyl (C=O) groups is 4. The van der Waals surface area contributed by atoms with E-state index in [0.717, 1.165) is 56.9 Å². The van der Waals surface area contributed by atoms with E-state index >= 15 is 0 Å². The molecule has 224 valence electrons. The van der Waals surface area contributed by atoms with Gasteiger partial charge in [0.05, 0.1) is 0 Å². The van der Waals surface area contributed by atoms with Crippen LogP contribution in [0.4, 0.5) is 0 Å². The molecule has 0 aromatic heterocycles. The van der Waals surface area contributed by atoms with Gasteiger partial charge in [0.25, 0.3) is 0 Å². The fourth-order valence-corrected chi connectivity index (χ4v) is 9.53. The quantitative estimate of drug-likeness (QED) is 0.252. The molecule has 9 atom stereocenters. The highest BCUT2D eigenvalue weighted by molar-refractivity contribution is 5.95. The van der Waals surface area contributed by atoms with Gasteiger partial charge in [-0.1, -0.05) is 27.2 Å². The summed E-state index contributed by atoms with van der Waals surface area (Å²) in [6.07, 6.45) is 9.16. The van der Waals surface area contributed by atoms with Gasteiger partial charge in [0.15, 0.2) is 11.9 Å². The molecular weight excluding hydrogens is 508 g/mol. The molecule has 4 aliphatic carbocycles. The average Bonchev–Trinajstić information content (AvgIpc) is 3.17. The number of esters is 3. The Morgan fingerprint density at radius 1 is 0.950 bits per heavy atom. The van der Waals surface area contributed by atoms with Crippen molar-refractivity contribution in [2.45, 2.75) is 131 Å². The Bertz CT molecular complexity index is 1060. The van der Waals surface area contributed by atoms with Crippen LogP contribution in [0.15, 0.2) is 11.6 Å². The molecule has 0 N–H and O–H groups in total. The molecule has 7 heteroatoms. The van der Waals surface area contributed by atoms with E-state index in [1.807, 2.05) is 13.8 Å². The number of allylic oxidation sites excluding steroid dienone is 1. The fourth-order valence-electron chi connectivity index (χ4n) is 9.53. The summed E-state index contributed by atoms with van der Waals surface area (Å²) in [6, 6.07) is 0. The molecule has 0 aromatic carbocycles. The summed E-state index contributed by atoms with van der Waals surface area (Å²) in [6.45, 7) is 15.2. The van der Waals surface area contributed by atoms with E-state index in [-0.39, 0.29) is 34.4 Å². The van der Waals surface area contributed by atoms with Crippen molar-refractivity contribution in [2.75, 3.05) is 0 Å². The summed E-state index contributed by atoms with van der Waals surface area (Å²) in [7, 11) is 0. The van der Waals surface area contributed by atoms with E-state index in [1.54, 1.807) is 6.08 Å². The largest absolute Gasteiger partial charge is 0.460 e. The molecule has 0 amide bonds. The monoisotopic (exact) mass is 558 g/mol. The summed E-state index contributed by atoms with van der Waals surface area (Å²) in [4.78, 5) is 49.3. The average molecular weight is 559 g/mol. The van der Waals surface area contributed by atoms with Crippen LogP contribution in [0.2, 0.25) is 0 Å². The lowest BCUT2D eigenvalue weighted by Crippen LogP contribution is -2.57. The van der Waals surface area contributed by atoms with Crippen molar-refractivity contribution in [3.05, 3.63) is 11.6 Å². The first-order valence-corrected chi connectivity index (χ1v) is 15.4. The smallest absolute Gasteiger partial charge is 0.303 e. The van der Waals surface area contributed by atoms with Crippen molar-refractivity contribution in [2.24, 2.45) is 40.4 Å². The third-order valence-electron chi connectivity index (χ3n) is 11.2. The van der Waals surface area contributed by atoms with Crippen molar-refractivity contribution in [3.8, 4) is 0 Å². The predicted octanol–water partition coefficient (Wildman–Crippen LogP) is 6.37. The van der Waals surface area contributed by atoms with Crippen LogP contribution in [-0.4, -0.2) is 41.5 Å². The lowest BCUT2D eigenvalue weighted by atomic mass is 9.46. The Labute approximate surface area is 240 Å². The molecule has 7 nitrogen and oxygen atoms in total. The van der Waals surface area contributed by atoms with Gasteiger partial charge >= 0.3 is 17.9 Å². The second-order valence-electron chi connectivity index (χ2n) is 14.3. The maximum absolute atomic E-state index is 14.0. The number of ether oxygens (including phenoxy) is 3. The lowest BCUT2D eigenvalue weighted by Gasteiger charge is -2.58. The number of rotatable bonds is 8. The van der Waals surface area contributed by atoms with Crippen LogP contribution in [0.25, 0.3) is 0 Å². The van der Waals surface area contributed by atoms with Crippen LogP contribution < -0.4 is 0 Å². The predicted molar refractivity (Wildman–Crippen MR) is 151 cm³/mol. The Morgan fingerprint density at radius 3 is 2.25 bits per heavy atom. The van der Waals surface area contributed by atoms with Crippen LogP contribution in [0.3, 0.4) is 0 Å².